The van der Waals surface area contributed by atoms with Crippen LogP contribution in [0.3, 0.4) is 0 Å². The zero-order chi connectivity index (χ0) is 13.3. The predicted molar refractivity (Wildman–Crippen MR) is 79.4 cm³/mol. The fourth-order valence-corrected chi connectivity index (χ4v) is 2.15. The summed E-state index contributed by atoms with van der Waals surface area (Å²) in [5.74, 6) is 0. The molecule has 0 N–H and O–H groups in total. The lowest BCUT2D eigenvalue weighted by atomic mass is 10.00. The smallest absolute Gasteiger partial charge is 0.0299 e. The average molecular weight is 237 g/mol. The van der Waals surface area contributed by atoms with Crippen LogP contribution in [-0.2, 0) is 0 Å². The maximum absolute atomic E-state index is 4.08. The van der Waals surface area contributed by atoms with Crippen LogP contribution in [0.25, 0.3) is 0 Å². The zero-order valence-electron chi connectivity index (χ0n) is 12.6. The number of likely N-dealkylation sites (N-methyl/N-ethyl adjacent to an activating group) is 1. The van der Waals surface area contributed by atoms with Gasteiger partial charge in [0, 0.05) is 6.04 Å². The molecule has 0 aromatic rings. The minimum atomic E-state index is 0.522. The molecule has 0 bridgehead atoms. The normalized spacial score (nSPS) is 14.1. The monoisotopic (exact) mass is 237 g/mol. The van der Waals surface area contributed by atoms with Crippen LogP contribution in [0.4, 0.5) is 0 Å². The van der Waals surface area contributed by atoms with E-state index in [4.69, 9.17) is 0 Å². The lowest BCUT2D eigenvalue weighted by molar-refractivity contribution is 0.315. The summed E-state index contributed by atoms with van der Waals surface area (Å²) in [7, 11) is 4.28. The second kappa shape index (κ2) is 9.47. The highest BCUT2D eigenvalue weighted by molar-refractivity contribution is 5.05. The van der Waals surface area contributed by atoms with Crippen LogP contribution in [0.5, 0.6) is 0 Å². The van der Waals surface area contributed by atoms with Crippen LogP contribution in [0.15, 0.2) is 23.8 Å². The Morgan fingerprint density at radius 2 is 1.88 bits per heavy atom. The number of hydrogen-bond acceptors (Lipinski definition) is 1. The van der Waals surface area contributed by atoms with Crippen molar-refractivity contribution in [2.45, 2.75) is 65.3 Å². The van der Waals surface area contributed by atoms with Crippen molar-refractivity contribution in [2.75, 3.05) is 14.1 Å². The molecule has 0 aromatic heterocycles. The van der Waals surface area contributed by atoms with E-state index >= 15 is 0 Å². The van der Waals surface area contributed by atoms with E-state index in [1.807, 2.05) is 0 Å². The molecule has 1 nitrogen and oxygen atoms in total. The van der Waals surface area contributed by atoms with E-state index in [2.05, 4.69) is 52.4 Å². The molecular weight excluding hydrogens is 206 g/mol. The summed E-state index contributed by atoms with van der Waals surface area (Å²) < 4.78 is 0. The molecule has 17 heavy (non-hydrogen) atoms. The fraction of sp³-hybridized carbons (Fsp3) is 0.750. The second-order valence-corrected chi connectivity index (χ2v) is 5.41. The van der Waals surface area contributed by atoms with E-state index in [1.54, 1.807) is 0 Å². The number of unbranched alkanes of at least 4 members (excludes halogenated alkanes) is 3. The van der Waals surface area contributed by atoms with Crippen molar-refractivity contribution in [3.63, 3.8) is 0 Å². The third-order valence-corrected chi connectivity index (χ3v) is 3.30. The van der Waals surface area contributed by atoms with Gasteiger partial charge in [0.05, 0.1) is 0 Å². The summed E-state index contributed by atoms with van der Waals surface area (Å²) in [4.78, 5) is 2.27. The summed E-state index contributed by atoms with van der Waals surface area (Å²) in [6.45, 7) is 10.7. The van der Waals surface area contributed by atoms with Crippen LogP contribution in [0, 0.1) is 0 Å². The highest BCUT2D eigenvalue weighted by atomic mass is 15.1. The van der Waals surface area contributed by atoms with Gasteiger partial charge in [0.2, 0.25) is 0 Å². The van der Waals surface area contributed by atoms with Crippen LogP contribution in [0.1, 0.15) is 59.3 Å². The number of hydrogen-bond donors (Lipinski definition) is 0. The predicted octanol–water partition coefficient (Wildman–Crippen LogP) is 4.80. The van der Waals surface area contributed by atoms with Gasteiger partial charge in [0.25, 0.3) is 0 Å². The number of allylic oxidation sites excluding steroid dienone is 2. The molecule has 0 amide bonds. The first-order chi connectivity index (χ1) is 7.99. The molecule has 0 fully saturated rings. The standard InChI is InChI=1S/C16H31N/c1-7-8-9-10-11-15(4)12-13-16(14(2)3)17(5)6/h11,16H,2,7-10,12-13H2,1,3-6H3/b15-11-. The number of rotatable bonds is 9. The van der Waals surface area contributed by atoms with Crippen molar-refractivity contribution < 1.29 is 0 Å². The van der Waals surface area contributed by atoms with Gasteiger partial charge in [-0.2, -0.15) is 0 Å². The Bertz CT molecular complexity index is 238. The Morgan fingerprint density at radius 1 is 1.24 bits per heavy atom. The summed E-state index contributed by atoms with van der Waals surface area (Å²) in [6, 6.07) is 0.522. The van der Waals surface area contributed by atoms with Crippen molar-refractivity contribution in [2.24, 2.45) is 0 Å². The first-order valence-corrected chi connectivity index (χ1v) is 6.96. The summed E-state index contributed by atoms with van der Waals surface area (Å²) in [5, 5.41) is 0. The molecule has 0 rings (SSSR count). The molecule has 0 saturated heterocycles. The fourth-order valence-electron chi connectivity index (χ4n) is 2.15. The highest BCUT2D eigenvalue weighted by Gasteiger charge is 2.11. The topological polar surface area (TPSA) is 3.24 Å². The van der Waals surface area contributed by atoms with Gasteiger partial charge in [-0.3, -0.25) is 0 Å². The van der Waals surface area contributed by atoms with Gasteiger partial charge < -0.3 is 4.90 Å². The van der Waals surface area contributed by atoms with Crippen molar-refractivity contribution >= 4 is 0 Å². The van der Waals surface area contributed by atoms with Crippen LogP contribution >= 0.6 is 0 Å². The molecular formula is C16H31N. The molecule has 0 spiro atoms. The van der Waals surface area contributed by atoms with Gasteiger partial charge in [0.15, 0.2) is 0 Å². The van der Waals surface area contributed by atoms with Crippen LogP contribution in [-0.4, -0.2) is 25.0 Å². The third-order valence-electron chi connectivity index (χ3n) is 3.30. The second-order valence-electron chi connectivity index (χ2n) is 5.41. The maximum Gasteiger partial charge on any atom is 0.0299 e. The molecule has 0 radical (unpaired) electrons. The van der Waals surface area contributed by atoms with E-state index in [9.17, 15) is 0 Å². The molecule has 0 aromatic carbocycles. The van der Waals surface area contributed by atoms with Gasteiger partial charge in [-0.1, -0.05) is 43.6 Å². The van der Waals surface area contributed by atoms with Crippen LogP contribution in [0.2, 0.25) is 0 Å². The first kappa shape index (κ1) is 16.4. The van der Waals surface area contributed by atoms with E-state index < -0.39 is 0 Å². The molecule has 0 aliphatic heterocycles. The van der Waals surface area contributed by atoms with Crippen molar-refractivity contribution in [3.05, 3.63) is 23.8 Å². The van der Waals surface area contributed by atoms with Gasteiger partial charge in [-0.15, -0.1) is 0 Å². The molecule has 100 valence electrons. The van der Waals surface area contributed by atoms with E-state index in [1.165, 1.54) is 49.7 Å². The molecule has 0 saturated carbocycles. The summed E-state index contributed by atoms with van der Waals surface area (Å²) >= 11 is 0. The van der Waals surface area contributed by atoms with Gasteiger partial charge in [-0.05, 0) is 53.6 Å². The Balaban J connectivity index is 3.95. The molecule has 1 unspecified atom stereocenters. The van der Waals surface area contributed by atoms with Gasteiger partial charge in [0.1, 0.15) is 0 Å². The van der Waals surface area contributed by atoms with Crippen LogP contribution < -0.4 is 0 Å². The maximum atomic E-state index is 4.08. The lowest BCUT2D eigenvalue weighted by Gasteiger charge is -2.24. The van der Waals surface area contributed by atoms with E-state index in [-0.39, 0.29) is 0 Å². The molecule has 1 heteroatoms. The Labute approximate surface area is 109 Å². The quantitative estimate of drug-likeness (QED) is 0.411. The lowest BCUT2D eigenvalue weighted by Crippen LogP contribution is -2.28. The van der Waals surface area contributed by atoms with Crippen molar-refractivity contribution in [1.29, 1.82) is 0 Å². The minimum Gasteiger partial charge on any atom is -0.303 e. The highest BCUT2D eigenvalue weighted by Crippen LogP contribution is 2.16. The molecule has 0 heterocycles. The average Bonchev–Trinajstić information content (AvgIpc) is 2.23. The van der Waals surface area contributed by atoms with Crippen molar-refractivity contribution in [3.8, 4) is 0 Å². The molecule has 0 aliphatic rings. The van der Waals surface area contributed by atoms with Crippen molar-refractivity contribution in [1.82, 2.24) is 4.90 Å². The Morgan fingerprint density at radius 3 is 2.35 bits per heavy atom. The molecule has 1 atom stereocenters. The number of nitrogens with zero attached hydrogens (tertiary/aromatic N) is 1. The Kier molecular flexibility index (Phi) is 9.16. The third kappa shape index (κ3) is 8.20. The Hall–Kier alpha value is -0.560. The minimum absolute atomic E-state index is 0.522. The zero-order valence-corrected chi connectivity index (χ0v) is 12.6. The molecule has 0 aliphatic carbocycles. The summed E-state index contributed by atoms with van der Waals surface area (Å²) in [6.07, 6.45) is 10.1. The summed E-state index contributed by atoms with van der Waals surface area (Å²) in [5.41, 5.74) is 2.81. The SMILES string of the molecule is C=C(C)C(CC/C(C)=C\CCCCC)N(C)C. The van der Waals surface area contributed by atoms with E-state index in [0.29, 0.717) is 6.04 Å². The van der Waals surface area contributed by atoms with Gasteiger partial charge in [-0.25, -0.2) is 0 Å². The first-order valence-electron chi connectivity index (χ1n) is 6.96. The van der Waals surface area contributed by atoms with Gasteiger partial charge >= 0.3 is 0 Å². The largest absolute Gasteiger partial charge is 0.303 e. The van der Waals surface area contributed by atoms with E-state index in [0.717, 1.165) is 0 Å².